The lowest BCUT2D eigenvalue weighted by molar-refractivity contribution is -0.167. The second-order valence-corrected chi connectivity index (χ2v) is 21.8. The van der Waals surface area contributed by atoms with Crippen LogP contribution in [-0.4, -0.2) is 37.2 Å². The zero-order valence-corrected chi connectivity index (χ0v) is 48.9. The van der Waals surface area contributed by atoms with Crippen LogP contribution in [0.5, 0.6) is 0 Å². The van der Waals surface area contributed by atoms with E-state index in [1.807, 2.05) is 0 Å². The van der Waals surface area contributed by atoms with Crippen LogP contribution in [0.3, 0.4) is 0 Å². The largest absolute Gasteiger partial charge is 0.462 e. The highest BCUT2D eigenvalue weighted by molar-refractivity contribution is 5.71. The summed E-state index contributed by atoms with van der Waals surface area (Å²) < 4.78 is 16.9. The molecule has 0 fully saturated rings. The summed E-state index contributed by atoms with van der Waals surface area (Å²) in [5.41, 5.74) is 0. The molecule has 0 aromatic rings. The molecule has 6 nitrogen and oxygen atoms in total. The van der Waals surface area contributed by atoms with Gasteiger partial charge in [0.1, 0.15) is 13.2 Å². The zero-order valence-electron chi connectivity index (χ0n) is 48.9. The number of ether oxygens (including phenoxy) is 3. The summed E-state index contributed by atoms with van der Waals surface area (Å²) in [7, 11) is 0. The Morgan fingerprint density at radius 3 is 0.795 bits per heavy atom. The van der Waals surface area contributed by atoms with Gasteiger partial charge < -0.3 is 14.2 Å². The summed E-state index contributed by atoms with van der Waals surface area (Å²) >= 11 is 0. The second-order valence-electron chi connectivity index (χ2n) is 21.8. The molecule has 0 aliphatic carbocycles. The van der Waals surface area contributed by atoms with E-state index in [4.69, 9.17) is 14.2 Å². The molecule has 0 radical (unpaired) electrons. The van der Waals surface area contributed by atoms with E-state index >= 15 is 0 Å². The van der Waals surface area contributed by atoms with Crippen LogP contribution in [0.2, 0.25) is 0 Å². The summed E-state index contributed by atoms with van der Waals surface area (Å²) in [5, 5.41) is 0. The van der Waals surface area contributed by atoms with Crippen LogP contribution in [0.15, 0.2) is 48.6 Å². The van der Waals surface area contributed by atoms with E-state index in [0.29, 0.717) is 19.3 Å². The Morgan fingerprint density at radius 2 is 0.493 bits per heavy atom. The van der Waals surface area contributed by atoms with Crippen molar-refractivity contribution in [2.45, 2.75) is 348 Å². The third kappa shape index (κ3) is 60.1. The van der Waals surface area contributed by atoms with Crippen molar-refractivity contribution in [1.82, 2.24) is 0 Å². The maximum Gasteiger partial charge on any atom is 0.306 e. The first kappa shape index (κ1) is 70.4. The first-order valence-electron chi connectivity index (χ1n) is 32.2. The van der Waals surface area contributed by atoms with Crippen LogP contribution in [0.25, 0.3) is 0 Å². The van der Waals surface area contributed by atoms with E-state index in [9.17, 15) is 14.4 Å². The summed E-state index contributed by atoms with van der Waals surface area (Å²) in [4.78, 5) is 38.3. The van der Waals surface area contributed by atoms with E-state index in [1.54, 1.807) is 0 Å². The van der Waals surface area contributed by atoms with Crippen molar-refractivity contribution in [1.29, 1.82) is 0 Å². The number of hydrogen-bond acceptors (Lipinski definition) is 6. The Kier molecular flexibility index (Phi) is 59.7. The van der Waals surface area contributed by atoms with Crippen molar-refractivity contribution < 1.29 is 28.6 Å². The molecule has 0 heterocycles. The number of carbonyl (C=O) groups excluding carboxylic acids is 3. The van der Waals surface area contributed by atoms with Gasteiger partial charge in [0.05, 0.1) is 0 Å². The van der Waals surface area contributed by atoms with E-state index in [1.165, 1.54) is 218 Å². The maximum absolute atomic E-state index is 12.9. The van der Waals surface area contributed by atoms with Gasteiger partial charge in [-0.05, 0) is 44.9 Å². The molecular weight excluding hydrogens is 901 g/mol. The molecule has 73 heavy (non-hydrogen) atoms. The summed E-state index contributed by atoms with van der Waals surface area (Å²) in [6, 6.07) is 0. The third-order valence-electron chi connectivity index (χ3n) is 14.4. The fourth-order valence-corrected chi connectivity index (χ4v) is 9.58. The number of esters is 3. The first-order chi connectivity index (χ1) is 36.0. The van der Waals surface area contributed by atoms with E-state index in [2.05, 4.69) is 69.4 Å². The lowest BCUT2D eigenvalue weighted by Crippen LogP contribution is -2.30. The number of unbranched alkanes of at least 4 members (excludes halogenated alkanes) is 43. The number of hydrogen-bond donors (Lipinski definition) is 0. The normalized spacial score (nSPS) is 12.3. The molecule has 1 unspecified atom stereocenters. The molecule has 0 aromatic carbocycles. The Hall–Kier alpha value is -2.63. The lowest BCUT2D eigenvalue weighted by atomic mass is 10.0. The van der Waals surface area contributed by atoms with Crippen LogP contribution < -0.4 is 0 Å². The Balaban J connectivity index is 4.37. The van der Waals surface area contributed by atoms with Crippen molar-refractivity contribution in [3.05, 3.63) is 48.6 Å². The average Bonchev–Trinajstić information content (AvgIpc) is 3.39. The molecule has 0 rings (SSSR count). The van der Waals surface area contributed by atoms with Crippen LogP contribution in [0.4, 0.5) is 0 Å². The summed E-state index contributed by atoms with van der Waals surface area (Å²) in [6.07, 6.45) is 76.8. The highest BCUT2D eigenvalue weighted by Crippen LogP contribution is 2.18. The van der Waals surface area contributed by atoms with Gasteiger partial charge in [-0.1, -0.05) is 326 Å². The van der Waals surface area contributed by atoms with Gasteiger partial charge in [-0.2, -0.15) is 0 Å². The second kappa shape index (κ2) is 61.9. The smallest absolute Gasteiger partial charge is 0.306 e. The molecule has 0 aliphatic heterocycles. The molecule has 0 aliphatic rings. The van der Waals surface area contributed by atoms with E-state index in [-0.39, 0.29) is 31.1 Å². The fourth-order valence-electron chi connectivity index (χ4n) is 9.58. The molecule has 0 N–H and O–H groups in total. The number of allylic oxidation sites excluding steroid dienone is 8. The third-order valence-corrected chi connectivity index (χ3v) is 14.4. The van der Waals surface area contributed by atoms with Gasteiger partial charge in [0.25, 0.3) is 0 Å². The predicted molar refractivity (Wildman–Crippen MR) is 316 cm³/mol. The SMILES string of the molecule is CCCCC\C=C/C=C\C=C/C=C\CCCCCCCC(=O)OC(COC(=O)CCCCCCCCCCCCCCCCCCCC)COC(=O)CCCCCCCCCCCCCCCCCCCCC. The molecule has 0 spiro atoms. The monoisotopic (exact) mass is 1020 g/mol. The predicted octanol–water partition coefficient (Wildman–Crippen LogP) is 21.8. The molecule has 0 amide bonds. The standard InChI is InChI=1S/C67H122O6/c1-4-7-10-13-16-19-22-25-28-31-34-37-39-42-45-48-51-54-57-60-66(69)72-63-64(73-67(70)61-58-55-52-49-46-43-40-36-33-30-27-24-21-18-15-12-9-6-3)62-71-65(68)59-56-53-50-47-44-41-38-35-32-29-26-23-20-17-14-11-8-5-2/h18,21,24,27,30,33,36,40,64H,4-17,19-20,22-23,25-26,28-29,31-32,34-35,37-39,41-63H2,1-3H3/b21-18-,27-24-,33-30-,40-36-. The molecular formula is C67H122O6. The Labute approximate surface area is 454 Å². The van der Waals surface area contributed by atoms with Gasteiger partial charge in [-0.3, -0.25) is 14.4 Å². The lowest BCUT2D eigenvalue weighted by Gasteiger charge is -2.18. The zero-order chi connectivity index (χ0) is 52.9. The molecule has 0 saturated heterocycles. The van der Waals surface area contributed by atoms with Crippen molar-refractivity contribution in [2.75, 3.05) is 13.2 Å². The maximum atomic E-state index is 12.9. The van der Waals surface area contributed by atoms with Gasteiger partial charge in [-0.15, -0.1) is 0 Å². The van der Waals surface area contributed by atoms with Crippen molar-refractivity contribution in [2.24, 2.45) is 0 Å². The summed E-state index contributed by atoms with van der Waals surface area (Å²) in [6.45, 7) is 6.65. The van der Waals surface area contributed by atoms with E-state index in [0.717, 1.165) is 83.5 Å². The van der Waals surface area contributed by atoms with Crippen molar-refractivity contribution in [3.8, 4) is 0 Å². The van der Waals surface area contributed by atoms with Crippen LogP contribution in [0, 0.1) is 0 Å². The molecule has 426 valence electrons. The highest BCUT2D eigenvalue weighted by atomic mass is 16.6. The van der Waals surface area contributed by atoms with Gasteiger partial charge in [-0.25, -0.2) is 0 Å². The summed E-state index contributed by atoms with van der Waals surface area (Å²) in [5.74, 6) is -0.876. The van der Waals surface area contributed by atoms with Gasteiger partial charge >= 0.3 is 17.9 Å². The number of rotatable bonds is 59. The minimum Gasteiger partial charge on any atom is -0.462 e. The Morgan fingerprint density at radius 1 is 0.274 bits per heavy atom. The number of carbonyl (C=O) groups is 3. The quantitative estimate of drug-likeness (QED) is 0.0261. The molecule has 1 atom stereocenters. The molecule has 6 heteroatoms. The minimum atomic E-state index is -0.783. The minimum absolute atomic E-state index is 0.0780. The van der Waals surface area contributed by atoms with Gasteiger partial charge in [0.2, 0.25) is 0 Å². The van der Waals surface area contributed by atoms with E-state index < -0.39 is 6.10 Å². The van der Waals surface area contributed by atoms with Crippen molar-refractivity contribution >= 4 is 17.9 Å². The van der Waals surface area contributed by atoms with Crippen molar-refractivity contribution in [3.63, 3.8) is 0 Å². The van der Waals surface area contributed by atoms with Crippen LogP contribution in [0.1, 0.15) is 342 Å². The van der Waals surface area contributed by atoms with Crippen LogP contribution in [-0.2, 0) is 28.6 Å². The molecule has 0 bridgehead atoms. The van der Waals surface area contributed by atoms with Gasteiger partial charge in [0, 0.05) is 19.3 Å². The topological polar surface area (TPSA) is 78.9 Å². The van der Waals surface area contributed by atoms with Gasteiger partial charge in [0.15, 0.2) is 6.10 Å². The average molecular weight is 1020 g/mol. The van der Waals surface area contributed by atoms with Crippen LogP contribution >= 0.6 is 0 Å². The Bertz CT molecular complexity index is 1270. The first-order valence-corrected chi connectivity index (χ1v) is 32.2. The molecule has 0 saturated carbocycles. The molecule has 0 aromatic heterocycles. The highest BCUT2D eigenvalue weighted by Gasteiger charge is 2.19. The fraction of sp³-hybridized carbons (Fsp3) is 0.836.